The average Bonchev–Trinajstić information content (AvgIpc) is 2.71. The number of ether oxygens (including phenoxy) is 3. The maximum atomic E-state index is 9.13. The van der Waals surface area contributed by atoms with Crippen LogP contribution in [0.1, 0.15) is 26.2 Å². The molecule has 17 heavy (non-hydrogen) atoms. The lowest BCUT2D eigenvalue weighted by atomic mass is 9.86. The first-order valence-electron chi connectivity index (χ1n) is 6.08. The minimum absolute atomic E-state index is 0.0170. The lowest BCUT2D eigenvalue weighted by Gasteiger charge is -2.44. The molecule has 2 saturated heterocycles. The molecule has 0 spiro atoms. The van der Waals surface area contributed by atoms with E-state index in [0.717, 1.165) is 6.42 Å². The lowest BCUT2D eigenvalue weighted by Crippen LogP contribution is -2.52. The highest BCUT2D eigenvalue weighted by Gasteiger charge is 2.50. The number of hydrogen-bond acceptors (Lipinski definition) is 4. The molecule has 96 valence electrons. The quantitative estimate of drug-likeness (QED) is 0.745. The zero-order valence-corrected chi connectivity index (χ0v) is 10.4. The molecule has 2 aliphatic rings. The third-order valence-electron chi connectivity index (χ3n) is 3.86. The van der Waals surface area contributed by atoms with E-state index >= 15 is 0 Å². The van der Waals surface area contributed by atoms with Crippen molar-refractivity contribution in [1.82, 2.24) is 0 Å². The molecule has 2 heterocycles. The first-order chi connectivity index (χ1) is 8.15. The first-order valence-corrected chi connectivity index (χ1v) is 6.08. The summed E-state index contributed by atoms with van der Waals surface area (Å²) in [5.74, 6) is 2.12. The van der Waals surface area contributed by atoms with Gasteiger partial charge in [0.15, 0.2) is 5.79 Å². The maximum absolute atomic E-state index is 9.13. The second-order valence-corrected chi connectivity index (χ2v) is 4.90. The molecule has 5 atom stereocenters. The second kappa shape index (κ2) is 4.95. The molecule has 4 heteroatoms. The molecule has 0 radical (unpaired) electrons. The molecule has 0 saturated carbocycles. The Kier molecular flexibility index (Phi) is 3.74. The predicted molar refractivity (Wildman–Crippen MR) is 62.2 cm³/mol. The minimum atomic E-state index is -0.691. The van der Waals surface area contributed by atoms with Crippen molar-refractivity contribution in [3.8, 4) is 12.3 Å². The number of fused-ring (bicyclic) bond motifs is 1. The molecule has 0 amide bonds. The molecule has 2 rings (SSSR count). The molecule has 0 aliphatic carbocycles. The van der Waals surface area contributed by atoms with E-state index in [0.29, 0.717) is 12.8 Å². The summed E-state index contributed by atoms with van der Waals surface area (Å²) in [5, 5.41) is 9.13. The zero-order chi connectivity index (χ0) is 12.5. The first kappa shape index (κ1) is 12.8. The van der Waals surface area contributed by atoms with E-state index in [1.165, 1.54) is 0 Å². The average molecular weight is 240 g/mol. The molecule has 4 nitrogen and oxygen atoms in total. The Morgan fingerprint density at radius 2 is 2.24 bits per heavy atom. The van der Waals surface area contributed by atoms with E-state index in [9.17, 15) is 0 Å². The normalized spacial score (nSPS) is 45.3. The number of aliphatic hydroxyl groups is 1. The summed E-state index contributed by atoms with van der Waals surface area (Å²) in [5.41, 5.74) is 0. The summed E-state index contributed by atoms with van der Waals surface area (Å²) in [6.45, 7) is 2.10. The van der Waals surface area contributed by atoms with Crippen molar-refractivity contribution in [1.29, 1.82) is 0 Å². The Morgan fingerprint density at radius 3 is 2.82 bits per heavy atom. The molecule has 0 bridgehead atoms. The Bertz CT molecular complexity index is 311. The third kappa shape index (κ3) is 2.21. The van der Waals surface area contributed by atoms with Crippen LogP contribution in [0, 0.1) is 18.3 Å². The van der Waals surface area contributed by atoms with Gasteiger partial charge in [-0.25, -0.2) is 0 Å². The molecular formula is C13H20O4. The van der Waals surface area contributed by atoms with Crippen molar-refractivity contribution in [3.05, 3.63) is 0 Å². The van der Waals surface area contributed by atoms with Crippen LogP contribution in [0.3, 0.4) is 0 Å². The van der Waals surface area contributed by atoms with Crippen molar-refractivity contribution >= 4 is 0 Å². The van der Waals surface area contributed by atoms with Gasteiger partial charge in [0.1, 0.15) is 0 Å². The standard InChI is InChI=1S/C13H20O4/c1-4-5-13(15-3)9(2)6-11-12(17-13)7-10(8-14)16-11/h1,9-12,14H,5-8H2,2-3H3/t9-,10+,11-,12-,13+/m1/s1. The third-order valence-corrected chi connectivity index (χ3v) is 3.86. The van der Waals surface area contributed by atoms with E-state index in [1.54, 1.807) is 7.11 Å². The molecule has 0 aromatic heterocycles. The van der Waals surface area contributed by atoms with Gasteiger partial charge in [-0.2, -0.15) is 0 Å². The SMILES string of the molecule is C#CC[C@]1(OC)O[C@@H]2C[C@@H](CO)O[C@@H]2C[C@H]1C. The number of hydrogen-bond donors (Lipinski definition) is 1. The monoisotopic (exact) mass is 240 g/mol. The van der Waals surface area contributed by atoms with Crippen molar-refractivity contribution in [2.45, 2.75) is 50.3 Å². The molecule has 2 aliphatic heterocycles. The van der Waals surface area contributed by atoms with Crippen LogP contribution in [0.2, 0.25) is 0 Å². The van der Waals surface area contributed by atoms with Crippen LogP contribution < -0.4 is 0 Å². The van der Waals surface area contributed by atoms with Crippen molar-refractivity contribution in [2.24, 2.45) is 5.92 Å². The van der Waals surface area contributed by atoms with E-state index in [-0.39, 0.29) is 30.8 Å². The Hall–Kier alpha value is -0.600. The van der Waals surface area contributed by atoms with E-state index < -0.39 is 5.79 Å². The highest BCUT2D eigenvalue weighted by atomic mass is 16.7. The fourth-order valence-electron chi connectivity index (χ4n) is 2.83. The summed E-state index contributed by atoms with van der Waals surface area (Å²) in [7, 11) is 1.63. The highest BCUT2D eigenvalue weighted by molar-refractivity contribution is 5.00. The summed E-state index contributed by atoms with van der Waals surface area (Å²) in [6, 6.07) is 0. The predicted octanol–water partition coefficient (Wildman–Crippen LogP) is 0.927. The Morgan fingerprint density at radius 1 is 1.47 bits per heavy atom. The van der Waals surface area contributed by atoms with Crippen LogP contribution in [-0.2, 0) is 14.2 Å². The number of methoxy groups -OCH3 is 1. The van der Waals surface area contributed by atoms with Gasteiger partial charge >= 0.3 is 0 Å². The van der Waals surface area contributed by atoms with Crippen LogP contribution in [0.25, 0.3) is 0 Å². The van der Waals surface area contributed by atoms with E-state index in [2.05, 4.69) is 12.8 Å². The summed E-state index contributed by atoms with van der Waals surface area (Å²) in [6.07, 6.45) is 7.33. The molecule has 0 aromatic carbocycles. The van der Waals surface area contributed by atoms with Crippen molar-refractivity contribution in [3.63, 3.8) is 0 Å². The van der Waals surface area contributed by atoms with E-state index in [4.69, 9.17) is 25.7 Å². The number of aliphatic hydroxyl groups excluding tert-OH is 1. The van der Waals surface area contributed by atoms with Crippen LogP contribution >= 0.6 is 0 Å². The molecule has 2 fully saturated rings. The van der Waals surface area contributed by atoms with Crippen LogP contribution in [0.5, 0.6) is 0 Å². The highest BCUT2D eigenvalue weighted by Crippen LogP contribution is 2.42. The molecular weight excluding hydrogens is 220 g/mol. The molecule has 0 unspecified atom stereocenters. The largest absolute Gasteiger partial charge is 0.394 e. The topological polar surface area (TPSA) is 47.9 Å². The van der Waals surface area contributed by atoms with Gasteiger partial charge in [-0.3, -0.25) is 0 Å². The number of rotatable bonds is 3. The van der Waals surface area contributed by atoms with Gasteiger partial charge in [-0.15, -0.1) is 12.3 Å². The van der Waals surface area contributed by atoms with Gasteiger partial charge < -0.3 is 19.3 Å². The van der Waals surface area contributed by atoms with Gasteiger partial charge in [0.25, 0.3) is 0 Å². The van der Waals surface area contributed by atoms with Gasteiger partial charge in [0.05, 0.1) is 31.3 Å². The molecule has 1 N–H and O–H groups in total. The summed E-state index contributed by atoms with van der Waals surface area (Å²) < 4.78 is 17.3. The van der Waals surface area contributed by atoms with Crippen molar-refractivity contribution in [2.75, 3.05) is 13.7 Å². The fraction of sp³-hybridized carbons (Fsp3) is 0.846. The van der Waals surface area contributed by atoms with Crippen LogP contribution in [0.4, 0.5) is 0 Å². The number of terminal acetylenes is 1. The van der Waals surface area contributed by atoms with E-state index in [1.807, 2.05) is 0 Å². The zero-order valence-electron chi connectivity index (χ0n) is 10.4. The fourth-order valence-corrected chi connectivity index (χ4v) is 2.83. The second-order valence-electron chi connectivity index (χ2n) is 4.90. The van der Waals surface area contributed by atoms with Gasteiger partial charge in [0, 0.05) is 19.4 Å². The van der Waals surface area contributed by atoms with Crippen LogP contribution in [0.15, 0.2) is 0 Å². The summed E-state index contributed by atoms with van der Waals surface area (Å²) in [4.78, 5) is 0. The Balaban J connectivity index is 2.11. The van der Waals surface area contributed by atoms with Gasteiger partial charge in [-0.1, -0.05) is 6.92 Å². The Labute approximate surface area is 102 Å². The van der Waals surface area contributed by atoms with Gasteiger partial charge in [0.2, 0.25) is 0 Å². The molecule has 0 aromatic rings. The maximum Gasteiger partial charge on any atom is 0.181 e. The lowest BCUT2D eigenvalue weighted by molar-refractivity contribution is -0.301. The smallest absolute Gasteiger partial charge is 0.181 e. The van der Waals surface area contributed by atoms with Crippen LogP contribution in [-0.4, -0.2) is 42.9 Å². The minimum Gasteiger partial charge on any atom is -0.394 e. The van der Waals surface area contributed by atoms with Crippen molar-refractivity contribution < 1.29 is 19.3 Å². The summed E-state index contributed by atoms with van der Waals surface area (Å²) >= 11 is 0. The van der Waals surface area contributed by atoms with Gasteiger partial charge in [-0.05, 0) is 6.42 Å².